The zero-order valence-corrected chi connectivity index (χ0v) is 26.2. The Morgan fingerprint density at radius 3 is 1.64 bits per heavy atom. The molecule has 0 spiro atoms. The number of para-hydroxylation sites is 5. The number of benzene rings is 7. The van der Waals surface area contributed by atoms with Crippen LogP contribution in [0.3, 0.4) is 0 Å². The summed E-state index contributed by atoms with van der Waals surface area (Å²) in [6.45, 7) is 2.28. The Bertz CT molecular complexity index is 2230. The van der Waals surface area contributed by atoms with E-state index in [4.69, 9.17) is 0 Å². The van der Waals surface area contributed by atoms with Crippen molar-refractivity contribution >= 4 is 74.3 Å². The Hall–Kier alpha value is -6.00. The molecule has 0 aromatic heterocycles. The average molecular weight is 602 g/mol. The molecule has 2 heterocycles. The Balaban J connectivity index is 1.32. The maximum absolute atomic E-state index is 2.46. The van der Waals surface area contributed by atoms with Crippen LogP contribution in [0.15, 0.2) is 176 Å². The van der Waals surface area contributed by atoms with Gasteiger partial charge in [0, 0.05) is 51.2 Å². The van der Waals surface area contributed by atoms with Gasteiger partial charge in [0.05, 0.1) is 0 Å². The van der Waals surface area contributed by atoms with E-state index in [0.717, 1.165) is 22.7 Å². The Morgan fingerprint density at radius 1 is 0.426 bits per heavy atom. The van der Waals surface area contributed by atoms with Gasteiger partial charge in [-0.1, -0.05) is 103 Å². The molecule has 0 bridgehead atoms. The molecule has 3 nitrogen and oxygen atoms in total. The van der Waals surface area contributed by atoms with E-state index in [2.05, 4.69) is 198 Å². The summed E-state index contributed by atoms with van der Waals surface area (Å²) < 4.78 is 0. The van der Waals surface area contributed by atoms with Gasteiger partial charge in [0.25, 0.3) is 6.71 Å². The zero-order chi connectivity index (χ0) is 31.3. The molecular weight excluding hydrogens is 569 g/mol. The topological polar surface area (TPSA) is 9.72 Å². The van der Waals surface area contributed by atoms with E-state index < -0.39 is 0 Å². The highest BCUT2D eigenvalue weighted by Gasteiger charge is 2.43. The predicted octanol–water partition coefficient (Wildman–Crippen LogP) is 9.55. The van der Waals surface area contributed by atoms with Crippen LogP contribution >= 0.6 is 0 Å². The molecule has 0 atom stereocenters. The van der Waals surface area contributed by atoms with Crippen molar-refractivity contribution in [1.82, 2.24) is 0 Å². The molecule has 0 fully saturated rings. The third-order valence-corrected chi connectivity index (χ3v) is 9.54. The summed E-state index contributed by atoms with van der Waals surface area (Å²) in [6, 6.07) is 63.7. The van der Waals surface area contributed by atoms with Crippen LogP contribution in [0, 0.1) is 6.92 Å². The lowest BCUT2D eigenvalue weighted by molar-refractivity contribution is 1.23. The first-order chi connectivity index (χ1) is 23.3. The maximum atomic E-state index is 2.46. The summed E-state index contributed by atoms with van der Waals surface area (Å²) in [4.78, 5) is 7.28. The second-order valence-electron chi connectivity index (χ2n) is 12.2. The van der Waals surface area contributed by atoms with E-state index in [-0.39, 0.29) is 6.71 Å². The van der Waals surface area contributed by atoms with Crippen LogP contribution < -0.4 is 31.1 Å². The third-order valence-electron chi connectivity index (χ3n) is 9.54. The van der Waals surface area contributed by atoms with Crippen LogP contribution in [-0.4, -0.2) is 6.71 Å². The standard InChI is InChI=1S/C43H32BN3/c1-31-16-11-13-24-38(31)45(32-17-5-2-6-18-32)35-28-29-37-42(30-35)47(34-21-9-4-10-22-34)41-27-15-26-40-43(41)44(37)36-23-12-14-25-39(36)46(40)33-19-7-3-8-20-33/h2-30H,1H3. The SMILES string of the molecule is Cc1ccccc1N(c1ccccc1)c1ccc2c(c1)N(c1ccccc1)c1cccc3c1B2c1ccccc1N3c1ccccc1. The van der Waals surface area contributed by atoms with Crippen LogP contribution in [0.5, 0.6) is 0 Å². The van der Waals surface area contributed by atoms with Gasteiger partial charge in [-0.25, -0.2) is 0 Å². The fourth-order valence-electron chi connectivity index (χ4n) is 7.54. The van der Waals surface area contributed by atoms with Gasteiger partial charge in [0.1, 0.15) is 0 Å². The number of anilines is 9. The lowest BCUT2D eigenvalue weighted by Crippen LogP contribution is -2.61. The van der Waals surface area contributed by atoms with E-state index >= 15 is 0 Å². The minimum atomic E-state index is 0.0880. The minimum absolute atomic E-state index is 0.0880. The Labute approximate surface area is 276 Å². The first-order valence-electron chi connectivity index (χ1n) is 16.2. The van der Waals surface area contributed by atoms with Crippen molar-refractivity contribution in [3.63, 3.8) is 0 Å². The Morgan fingerprint density at radius 2 is 0.957 bits per heavy atom. The van der Waals surface area contributed by atoms with Crippen molar-refractivity contribution in [1.29, 1.82) is 0 Å². The molecule has 7 aromatic rings. The van der Waals surface area contributed by atoms with Crippen LogP contribution in [0.25, 0.3) is 0 Å². The third kappa shape index (κ3) is 4.37. The molecule has 0 saturated heterocycles. The van der Waals surface area contributed by atoms with Crippen molar-refractivity contribution in [2.45, 2.75) is 6.92 Å². The molecular formula is C43H32BN3. The van der Waals surface area contributed by atoms with Crippen LogP contribution in [-0.2, 0) is 0 Å². The first-order valence-corrected chi connectivity index (χ1v) is 16.2. The van der Waals surface area contributed by atoms with Crippen molar-refractivity contribution < 1.29 is 0 Å². The van der Waals surface area contributed by atoms with Gasteiger partial charge in [0.2, 0.25) is 0 Å². The lowest BCUT2D eigenvalue weighted by Gasteiger charge is -2.44. The van der Waals surface area contributed by atoms with Gasteiger partial charge in [-0.15, -0.1) is 0 Å². The van der Waals surface area contributed by atoms with E-state index in [0.29, 0.717) is 0 Å². The predicted molar refractivity (Wildman–Crippen MR) is 200 cm³/mol. The van der Waals surface area contributed by atoms with Crippen LogP contribution in [0.2, 0.25) is 0 Å². The Kier molecular flexibility index (Phi) is 6.46. The van der Waals surface area contributed by atoms with Crippen molar-refractivity contribution in [3.8, 4) is 0 Å². The second kappa shape index (κ2) is 11.1. The van der Waals surface area contributed by atoms with Gasteiger partial charge < -0.3 is 14.7 Å². The van der Waals surface area contributed by atoms with Crippen LogP contribution in [0.1, 0.15) is 5.56 Å². The van der Waals surface area contributed by atoms with Crippen molar-refractivity contribution in [3.05, 3.63) is 181 Å². The highest BCUT2D eigenvalue weighted by Crippen LogP contribution is 2.45. The molecule has 2 aliphatic rings. The van der Waals surface area contributed by atoms with E-state index in [1.165, 1.54) is 50.4 Å². The highest BCUT2D eigenvalue weighted by molar-refractivity contribution is 7.00. The molecule has 2 aliphatic heterocycles. The average Bonchev–Trinajstić information content (AvgIpc) is 3.13. The van der Waals surface area contributed by atoms with Crippen LogP contribution in [0.4, 0.5) is 51.2 Å². The molecule has 0 N–H and O–H groups in total. The molecule has 0 saturated carbocycles. The van der Waals surface area contributed by atoms with Gasteiger partial charge in [-0.2, -0.15) is 0 Å². The summed E-state index contributed by atoms with van der Waals surface area (Å²) in [5, 5.41) is 0. The molecule has 0 amide bonds. The van der Waals surface area contributed by atoms with Crippen molar-refractivity contribution in [2.24, 2.45) is 0 Å². The second-order valence-corrected chi connectivity index (χ2v) is 12.2. The molecule has 47 heavy (non-hydrogen) atoms. The molecule has 9 rings (SSSR count). The fourth-order valence-corrected chi connectivity index (χ4v) is 7.54. The molecule has 4 heteroatoms. The van der Waals surface area contributed by atoms with Gasteiger partial charge in [-0.05, 0) is 102 Å². The lowest BCUT2D eigenvalue weighted by atomic mass is 9.33. The first kappa shape index (κ1) is 27.3. The zero-order valence-electron chi connectivity index (χ0n) is 26.2. The summed E-state index contributed by atoms with van der Waals surface area (Å²) >= 11 is 0. The summed E-state index contributed by atoms with van der Waals surface area (Å²) in [7, 11) is 0. The van der Waals surface area contributed by atoms with Crippen molar-refractivity contribution in [2.75, 3.05) is 14.7 Å². The fraction of sp³-hybridized carbons (Fsp3) is 0.0233. The number of aryl methyl sites for hydroxylation is 1. The quantitative estimate of drug-likeness (QED) is 0.182. The number of hydrogen-bond donors (Lipinski definition) is 0. The van der Waals surface area contributed by atoms with E-state index in [9.17, 15) is 0 Å². The smallest absolute Gasteiger partial charge is 0.252 e. The number of rotatable bonds is 5. The van der Waals surface area contributed by atoms with Gasteiger partial charge in [-0.3, -0.25) is 0 Å². The molecule has 7 aromatic carbocycles. The van der Waals surface area contributed by atoms with Gasteiger partial charge >= 0.3 is 0 Å². The molecule has 0 aliphatic carbocycles. The summed E-state index contributed by atoms with van der Waals surface area (Å²) in [5.41, 5.74) is 15.8. The number of fused-ring (bicyclic) bond motifs is 4. The normalized spacial score (nSPS) is 12.7. The number of hydrogen-bond acceptors (Lipinski definition) is 3. The molecule has 0 unspecified atom stereocenters. The maximum Gasteiger partial charge on any atom is 0.252 e. The minimum Gasteiger partial charge on any atom is -0.311 e. The summed E-state index contributed by atoms with van der Waals surface area (Å²) in [5.74, 6) is 0. The highest BCUT2D eigenvalue weighted by atomic mass is 15.2. The summed E-state index contributed by atoms with van der Waals surface area (Å²) in [6.07, 6.45) is 0. The molecule has 222 valence electrons. The van der Waals surface area contributed by atoms with E-state index in [1.54, 1.807) is 0 Å². The largest absolute Gasteiger partial charge is 0.311 e. The van der Waals surface area contributed by atoms with E-state index in [1.807, 2.05) is 0 Å². The van der Waals surface area contributed by atoms with Gasteiger partial charge in [0.15, 0.2) is 0 Å². The number of nitrogens with zero attached hydrogens (tertiary/aromatic N) is 3. The monoisotopic (exact) mass is 601 g/mol. The molecule has 0 radical (unpaired) electrons.